The molecule has 0 aliphatic rings. The molecule has 2 nitrogen and oxygen atoms in total. The Morgan fingerprint density at radius 2 is 1.37 bits per heavy atom. The highest BCUT2D eigenvalue weighted by atomic mass is 16.3. The van der Waals surface area contributed by atoms with Crippen LogP contribution >= 0.6 is 0 Å². The number of nitrogens with zero attached hydrogens (tertiary/aromatic N) is 1. The van der Waals surface area contributed by atoms with E-state index in [-0.39, 0.29) is 0 Å². The van der Waals surface area contributed by atoms with Crippen LogP contribution in [0.4, 0.5) is 0 Å². The lowest BCUT2D eigenvalue weighted by Crippen LogP contribution is -1.90. The summed E-state index contributed by atoms with van der Waals surface area (Å²) in [5, 5.41) is 1.04. The normalized spacial score (nSPS) is 11.0. The van der Waals surface area contributed by atoms with E-state index in [1.54, 1.807) is 0 Å². The van der Waals surface area contributed by atoms with Gasteiger partial charge in [0.2, 0.25) is 0 Å². The second-order valence-electron chi connectivity index (χ2n) is 6.39. The van der Waals surface area contributed by atoms with Crippen molar-refractivity contribution in [3.05, 3.63) is 103 Å². The van der Waals surface area contributed by atoms with E-state index in [1.165, 1.54) is 0 Å². The van der Waals surface area contributed by atoms with Gasteiger partial charge < -0.3 is 4.42 Å². The molecule has 0 saturated carbocycles. The van der Waals surface area contributed by atoms with E-state index in [4.69, 9.17) is 4.42 Å². The van der Waals surface area contributed by atoms with Crippen LogP contribution in [-0.4, -0.2) is 4.98 Å². The number of pyridine rings is 1. The minimum Gasteiger partial charge on any atom is -0.452 e. The fraction of sp³-hybridized carbons (Fsp3) is 0. The van der Waals surface area contributed by atoms with Crippen molar-refractivity contribution in [1.29, 1.82) is 0 Å². The molecule has 0 saturated heterocycles. The Kier molecular flexibility index (Phi) is 3.80. The van der Waals surface area contributed by atoms with Gasteiger partial charge in [0.25, 0.3) is 0 Å². The van der Waals surface area contributed by atoms with E-state index in [0.29, 0.717) is 0 Å². The van der Waals surface area contributed by atoms with Crippen LogP contribution in [0.15, 0.2) is 102 Å². The Morgan fingerprint density at radius 1 is 0.667 bits per heavy atom. The maximum atomic E-state index is 5.80. The van der Waals surface area contributed by atoms with Crippen LogP contribution in [0.5, 0.6) is 0 Å². The molecular weight excluding hydrogens is 330 g/mol. The number of furan rings is 1. The molecule has 5 rings (SSSR count). The van der Waals surface area contributed by atoms with E-state index < -0.39 is 0 Å². The van der Waals surface area contributed by atoms with Crippen LogP contribution in [0.1, 0.15) is 0 Å². The number of hydrogen-bond acceptors (Lipinski definition) is 2. The minimum atomic E-state index is 0.814. The standard InChI is InChI=1S/C25H16NO/c1-3-9-18(10-4-1)20-14-15-23-25(24(20)22-13-7-8-16-26-22)21(17-27-23)19-11-5-2-6-12-19/h1-16H. The molecule has 0 bridgehead atoms. The third kappa shape index (κ3) is 2.72. The van der Waals surface area contributed by atoms with E-state index in [0.717, 1.165) is 44.5 Å². The molecule has 0 aliphatic carbocycles. The zero-order valence-corrected chi connectivity index (χ0v) is 14.6. The van der Waals surface area contributed by atoms with Gasteiger partial charge in [-0.15, -0.1) is 0 Å². The van der Waals surface area contributed by atoms with Crippen molar-refractivity contribution in [2.75, 3.05) is 0 Å². The zero-order chi connectivity index (χ0) is 18.1. The molecule has 2 heteroatoms. The number of aromatic nitrogens is 1. The summed E-state index contributed by atoms with van der Waals surface area (Å²) < 4.78 is 5.80. The highest BCUT2D eigenvalue weighted by Crippen LogP contribution is 2.42. The van der Waals surface area contributed by atoms with Crippen molar-refractivity contribution in [2.45, 2.75) is 0 Å². The summed E-state index contributed by atoms with van der Waals surface area (Å²) in [7, 11) is 0. The summed E-state index contributed by atoms with van der Waals surface area (Å²) in [6.07, 6.45) is 4.94. The first kappa shape index (κ1) is 15.6. The summed E-state index contributed by atoms with van der Waals surface area (Å²) in [4.78, 5) is 4.64. The second kappa shape index (κ2) is 6.58. The lowest BCUT2D eigenvalue weighted by Gasteiger charge is -2.12. The third-order valence-corrected chi connectivity index (χ3v) is 4.75. The highest BCUT2D eigenvalue weighted by molar-refractivity contribution is 6.08. The molecule has 0 atom stereocenters. The van der Waals surface area contributed by atoms with Crippen molar-refractivity contribution >= 4 is 11.0 Å². The molecule has 0 fully saturated rings. The maximum Gasteiger partial charge on any atom is 0.179 e. The van der Waals surface area contributed by atoms with E-state index in [1.807, 2.05) is 54.7 Å². The summed E-state index contributed by atoms with van der Waals surface area (Å²) in [5.74, 6) is 0. The highest BCUT2D eigenvalue weighted by Gasteiger charge is 2.19. The van der Waals surface area contributed by atoms with Gasteiger partial charge in [-0.05, 0) is 41.0 Å². The van der Waals surface area contributed by atoms with Gasteiger partial charge in [-0.2, -0.15) is 0 Å². The first-order chi connectivity index (χ1) is 13.4. The number of rotatable bonds is 3. The van der Waals surface area contributed by atoms with Crippen molar-refractivity contribution in [3.63, 3.8) is 0 Å². The molecule has 1 radical (unpaired) electrons. The molecule has 2 aromatic heterocycles. The molecule has 0 aliphatic heterocycles. The predicted molar refractivity (Wildman–Crippen MR) is 109 cm³/mol. The van der Waals surface area contributed by atoms with Crippen molar-refractivity contribution in [2.24, 2.45) is 0 Å². The van der Waals surface area contributed by atoms with Crippen molar-refractivity contribution in [1.82, 2.24) is 4.98 Å². The Bertz CT molecular complexity index is 1190. The van der Waals surface area contributed by atoms with Gasteiger partial charge in [0, 0.05) is 22.7 Å². The molecule has 127 valence electrons. The van der Waals surface area contributed by atoms with E-state index >= 15 is 0 Å². The summed E-state index contributed by atoms with van der Waals surface area (Å²) in [6.45, 7) is 0. The predicted octanol–water partition coefficient (Wildman–Crippen LogP) is 6.63. The SMILES string of the molecule is [c]1oc2ccc(-c3ccccc3)c(-c3ccccn3)c2c1-c1ccccc1. The Balaban J connectivity index is 1.89. The quantitative estimate of drug-likeness (QED) is 0.366. The van der Waals surface area contributed by atoms with E-state index in [2.05, 4.69) is 53.7 Å². The molecule has 0 amide bonds. The van der Waals surface area contributed by atoms with Gasteiger partial charge in [-0.25, -0.2) is 0 Å². The average Bonchev–Trinajstić information content (AvgIpc) is 3.19. The van der Waals surface area contributed by atoms with E-state index in [9.17, 15) is 0 Å². The van der Waals surface area contributed by atoms with Gasteiger partial charge in [0.1, 0.15) is 5.58 Å². The maximum absolute atomic E-state index is 5.80. The number of hydrogen-bond donors (Lipinski definition) is 0. The van der Waals surface area contributed by atoms with Crippen LogP contribution in [0.2, 0.25) is 0 Å². The first-order valence-corrected chi connectivity index (χ1v) is 8.91. The molecule has 27 heavy (non-hydrogen) atoms. The van der Waals surface area contributed by atoms with Gasteiger partial charge in [-0.1, -0.05) is 66.7 Å². The lowest BCUT2D eigenvalue weighted by molar-refractivity contribution is 0.607. The summed E-state index contributed by atoms with van der Waals surface area (Å²) >= 11 is 0. The lowest BCUT2D eigenvalue weighted by atomic mass is 9.91. The second-order valence-corrected chi connectivity index (χ2v) is 6.39. The van der Waals surface area contributed by atoms with Crippen molar-refractivity contribution in [3.8, 4) is 33.5 Å². The largest absolute Gasteiger partial charge is 0.452 e. The Hall–Kier alpha value is -3.65. The topological polar surface area (TPSA) is 26.0 Å². The van der Waals surface area contributed by atoms with Gasteiger partial charge >= 0.3 is 0 Å². The molecule has 0 N–H and O–H groups in total. The first-order valence-electron chi connectivity index (χ1n) is 8.91. The van der Waals surface area contributed by atoms with Crippen LogP contribution in [0, 0.1) is 6.26 Å². The molecule has 5 aromatic rings. The molecular formula is C25H16NO. The monoisotopic (exact) mass is 346 g/mol. The molecule has 3 aromatic carbocycles. The summed E-state index contributed by atoms with van der Waals surface area (Å²) in [5.41, 5.74) is 7.14. The Labute approximate surface area is 157 Å². The molecule has 0 spiro atoms. The zero-order valence-electron chi connectivity index (χ0n) is 14.6. The van der Waals surface area contributed by atoms with Crippen molar-refractivity contribution < 1.29 is 4.42 Å². The fourth-order valence-corrected chi connectivity index (χ4v) is 3.52. The molecule has 0 unspecified atom stereocenters. The van der Waals surface area contributed by atoms with Crippen LogP contribution in [0.25, 0.3) is 44.5 Å². The Morgan fingerprint density at radius 3 is 2.07 bits per heavy atom. The van der Waals surface area contributed by atoms with Gasteiger partial charge in [0.15, 0.2) is 6.26 Å². The van der Waals surface area contributed by atoms with Crippen LogP contribution in [0.3, 0.4) is 0 Å². The number of fused-ring (bicyclic) bond motifs is 1. The fourth-order valence-electron chi connectivity index (χ4n) is 3.52. The van der Waals surface area contributed by atoms with Crippen LogP contribution in [-0.2, 0) is 0 Å². The minimum absolute atomic E-state index is 0.814. The molecule has 2 heterocycles. The number of benzene rings is 3. The third-order valence-electron chi connectivity index (χ3n) is 4.75. The smallest absolute Gasteiger partial charge is 0.179 e. The van der Waals surface area contributed by atoms with Gasteiger partial charge in [-0.3, -0.25) is 4.98 Å². The van der Waals surface area contributed by atoms with Crippen LogP contribution < -0.4 is 0 Å². The van der Waals surface area contributed by atoms with Gasteiger partial charge in [0.05, 0.1) is 5.69 Å². The average molecular weight is 346 g/mol. The summed E-state index contributed by atoms with van der Waals surface area (Å²) in [6, 6.07) is 30.8.